The predicted octanol–water partition coefficient (Wildman–Crippen LogP) is 5.33. The van der Waals surface area contributed by atoms with Crippen LogP contribution >= 0.6 is 11.8 Å². The Bertz CT molecular complexity index is 1750. The zero-order valence-corrected chi connectivity index (χ0v) is 23.5. The SMILES string of the molecule is Cc1ccc(/C=C(/NC(=O)c2ccccc2)C(=O)Nc2cccc(S[C@H]3CC(=O)N(c4ccc([N+](=O)[O-])cc4)C3=O)c2)o1. The van der Waals surface area contributed by atoms with Crippen molar-refractivity contribution >= 4 is 58.5 Å². The van der Waals surface area contributed by atoms with Gasteiger partial charge in [0.05, 0.1) is 15.9 Å². The number of amides is 4. The van der Waals surface area contributed by atoms with E-state index in [0.29, 0.717) is 27.7 Å². The molecule has 1 saturated heterocycles. The van der Waals surface area contributed by atoms with E-state index >= 15 is 0 Å². The Hall–Kier alpha value is -5.49. The standard InChI is InChI=1S/C31H24N4O7S/c1-19-10-15-24(42-19)17-26(33-29(37)20-6-3-2-4-7-20)30(38)32-21-8-5-9-25(16-21)43-27-18-28(36)34(31(27)39)22-11-13-23(14-12-22)35(40)41/h2-17,27H,18H2,1H3,(H,32,38)(H,33,37)/b26-17+/t27-/m0/s1. The molecule has 2 N–H and O–H groups in total. The summed E-state index contributed by atoms with van der Waals surface area (Å²) in [5.41, 5.74) is 0.831. The number of hydrogen-bond acceptors (Lipinski definition) is 8. The van der Waals surface area contributed by atoms with E-state index in [1.54, 1.807) is 73.7 Å². The number of nitrogens with zero attached hydrogens (tertiary/aromatic N) is 2. The summed E-state index contributed by atoms with van der Waals surface area (Å²) >= 11 is 1.16. The number of non-ortho nitro benzene ring substituents is 1. The van der Waals surface area contributed by atoms with Gasteiger partial charge in [0.1, 0.15) is 17.2 Å². The molecule has 0 unspecified atom stereocenters. The second-order valence-electron chi connectivity index (χ2n) is 9.46. The number of rotatable bonds is 9. The van der Waals surface area contributed by atoms with Gasteiger partial charge >= 0.3 is 0 Å². The molecule has 3 aromatic carbocycles. The molecule has 12 heteroatoms. The number of anilines is 2. The van der Waals surface area contributed by atoms with Crippen molar-refractivity contribution in [2.24, 2.45) is 0 Å². The minimum Gasteiger partial charge on any atom is -0.462 e. The Balaban J connectivity index is 1.30. The fourth-order valence-corrected chi connectivity index (χ4v) is 5.43. The van der Waals surface area contributed by atoms with E-state index in [2.05, 4.69) is 10.6 Å². The van der Waals surface area contributed by atoms with Gasteiger partial charge in [-0.25, -0.2) is 4.90 Å². The van der Waals surface area contributed by atoms with Crippen LogP contribution in [0.2, 0.25) is 0 Å². The number of imide groups is 1. The normalized spacial score (nSPS) is 15.0. The van der Waals surface area contributed by atoms with Crippen molar-refractivity contribution in [1.82, 2.24) is 5.32 Å². The molecule has 5 rings (SSSR count). The second kappa shape index (κ2) is 12.6. The van der Waals surface area contributed by atoms with Crippen LogP contribution in [0.3, 0.4) is 0 Å². The lowest BCUT2D eigenvalue weighted by atomic mass is 10.2. The topological polar surface area (TPSA) is 152 Å². The largest absolute Gasteiger partial charge is 0.462 e. The molecule has 0 radical (unpaired) electrons. The third-order valence-electron chi connectivity index (χ3n) is 6.37. The molecular weight excluding hydrogens is 572 g/mol. The quantitative estimate of drug-likeness (QED) is 0.114. The summed E-state index contributed by atoms with van der Waals surface area (Å²) in [5, 5.41) is 15.6. The molecule has 0 spiro atoms. The summed E-state index contributed by atoms with van der Waals surface area (Å²) < 4.78 is 5.57. The van der Waals surface area contributed by atoms with Crippen molar-refractivity contribution in [2.45, 2.75) is 23.5 Å². The summed E-state index contributed by atoms with van der Waals surface area (Å²) in [6, 6.07) is 23.8. The Morgan fingerprint density at radius 3 is 2.42 bits per heavy atom. The summed E-state index contributed by atoms with van der Waals surface area (Å²) in [7, 11) is 0. The lowest BCUT2D eigenvalue weighted by Gasteiger charge is -2.15. The van der Waals surface area contributed by atoms with Gasteiger partial charge in [0.15, 0.2) is 0 Å². The van der Waals surface area contributed by atoms with Gasteiger partial charge < -0.3 is 15.1 Å². The number of thioether (sulfide) groups is 1. The van der Waals surface area contributed by atoms with Crippen LogP contribution in [0.4, 0.5) is 17.1 Å². The number of carbonyl (C=O) groups excluding carboxylic acids is 4. The molecule has 216 valence electrons. The summed E-state index contributed by atoms with van der Waals surface area (Å²) in [6.45, 7) is 1.76. The molecule has 1 aliphatic heterocycles. The molecule has 0 bridgehead atoms. The highest BCUT2D eigenvalue weighted by atomic mass is 32.2. The number of aryl methyl sites for hydroxylation is 1. The average Bonchev–Trinajstić information content (AvgIpc) is 3.53. The zero-order chi connectivity index (χ0) is 30.5. The molecule has 1 aromatic heterocycles. The third kappa shape index (κ3) is 6.88. The van der Waals surface area contributed by atoms with Crippen LogP contribution in [-0.2, 0) is 14.4 Å². The number of furan rings is 1. The van der Waals surface area contributed by atoms with Crippen LogP contribution in [0, 0.1) is 17.0 Å². The van der Waals surface area contributed by atoms with Crippen LogP contribution in [0.25, 0.3) is 6.08 Å². The minimum absolute atomic E-state index is 0.0448. The lowest BCUT2D eigenvalue weighted by molar-refractivity contribution is -0.384. The Morgan fingerprint density at radius 1 is 1.00 bits per heavy atom. The number of hydrogen-bond donors (Lipinski definition) is 2. The monoisotopic (exact) mass is 596 g/mol. The third-order valence-corrected chi connectivity index (χ3v) is 7.55. The summed E-state index contributed by atoms with van der Waals surface area (Å²) in [5.74, 6) is -0.924. The van der Waals surface area contributed by atoms with Crippen molar-refractivity contribution < 1.29 is 28.5 Å². The van der Waals surface area contributed by atoms with Crippen molar-refractivity contribution in [3.05, 3.63) is 124 Å². The smallest absolute Gasteiger partial charge is 0.272 e. The van der Waals surface area contributed by atoms with Gasteiger partial charge in [-0.3, -0.25) is 29.3 Å². The fraction of sp³-hybridized carbons (Fsp3) is 0.0968. The van der Waals surface area contributed by atoms with Crippen molar-refractivity contribution in [1.29, 1.82) is 0 Å². The Morgan fingerprint density at radius 2 is 1.74 bits per heavy atom. The van der Waals surface area contributed by atoms with E-state index < -0.39 is 33.8 Å². The molecule has 4 amide bonds. The molecule has 43 heavy (non-hydrogen) atoms. The molecule has 11 nitrogen and oxygen atoms in total. The fourth-order valence-electron chi connectivity index (χ4n) is 4.32. The summed E-state index contributed by atoms with van der Waals surface area (Å²) in [6.07, 6.45) is 1.37. The summed E-state index contributed by atoms with van der Waals surface area (Å²) in [4.78, 5) is 64.0. The van der Waals surface area contributed by atoms with Gasteiger partial charge in [0, 0.05) is 40.8 Å². The first-order valence-corrected chi connectivity index (χ1v) is 13.9. The van der Waals surface area contributed by atoms with Crippen LogP contribution in [0.15, 0.2) is 106 Å². The van der Waals surface area contributed by atoms with E-state index in [1.807, 2.05) is 0 Å². The van der Waals surface area contributed by atoms with Gasteiger partial charge in [-0.15, -0.1) is 11.8 Å². The molecule has 1 fully saturated rings. The molecule has 0 saturated carbocycles. The molecule has 0 aliphatic carbocycles. The van der Waals surface area contributed by atoms with Gasteiger partial charge in [-0.05, 0) is 61.5 Å². The first-order valence-electron chi connectivity index (χ1n) is 13.0. The first kappa shape index (κ1) is 29.0. The first-order chi connectivity index (χ1) is 20.7. The lowest BCUT2D eigenvalue weighted by Crippen LogP contribution is -2.31. The molecule has 2 heterocycles. The van der Waals surface area contributed by atoms with Gasteiger partial charge in [0.2, 0.25) is 11.8 Å². The van der Waals surface area contributed by atoms with Crippen molar-refractivity contribution in [3.63, 3.8) is 0 Å². The highest BCUT2D eigenvalue weighted by Crippen LogP contribution is 2.35. The molecular formula is C31H24N4O7S. The number of carbonyl (C=O) groups is 4. The second-order valence-corrected chi connectivity index (χ2v) is 10.7. The number of nitro groups is 1. The van der Waals surface area contributed by atoms with E-state index in [1.165, 1.54) is 30.3 Å². The van der Waals surface area contributed by atoms with Crippen LogP contribution in [-0.4, -0.2) is 33.8 Å². The van der Waals surface area contributed by atoms with Crippen LogP contribution in [0.1, 0.15) is 28.3 Å². The highest BCUT2D eigenvalue weighted by Gasteiger charge is 2.40. The predicted molar refractivity (Wildman–Crippen MR) is 160 cm³/mol. The molecule has 1 aliphatic rings. The maximum Gasteiger partial charge on any atom is 0.272 e. The van der Waals surface area contributed by atoms with Crippen LogP contribution in [0.5, 0.6) is 0 Å². The Kier molecular flexibility index (Phi) is 8.49. The maximum atomic E-state index is 13.3. The van der Waals surface area contributed by atoms with Crippen molar-refractivity contribution in [3.8, 4) is 0 Å². The van der Waals surface area contributed by atoms with E-state index in [0.717, 1.165) is 16.7 Å². The van der Waals surface area contributed by atoms with E-state index in [-0.39, 0.29) is 23.5 Å². The van der Waals surface area contributed by atoms with E-state index in [9.17, 15) is 29.3 Å². The van der Waals surface area contributed by atoms with E-state index in [4.69, 9.17) is 4.42 Å². The molecule has 1 atom stereocenters. The number of nitro benzene ring substituents is 1. The highest BCUT2D eigenvalue weighted by molar-refractivity contribution is 8.00. The van der Waals surface area contributed by atoms with Gasteiger partial charge in [-0.2, -0.15) is 0 Å². The average molecular weight is 597 g/mol. The van der Waals surface area contributed by atoms with Gasteiger partial charge in [-0.1, -0.05) is 24.3 Å². The molecule has 4 aromatic rings. The van der Waals surface area contributed by atoms with Crippen LogP contribution < -0.4 is 15.5 Å². The number of benzene rings is 3. The Labute approximate surface area is 249 Å². The maximum absolute atomic E-state index is 13.3. The van der Waals surface area contributed by atoms with Gasteiger partial charge in [0.25, 0.3) is 17.5 Å². The van der Waals surface area contributed by atoms with Crippen molar-refractivity contribution in [2.75, 3.05) is 10.2 Å². The minimum atomic E-state index is -0.726. The number of nitrogens with one attached hydrogen (secondary N) is 2. The zero-order valence-electron chi connectivity index (χ0n) is 22.7.